The van der Waals surface area contributed by atoms with Crippen molar-refractivity contribution in [2.75, 3.05) is 0 Å². The van der Waals surface area contributed by atoms with Gasteiger partial charge >= 0.3 is 7.12 Å². The number of imidazole rings is 1. The number of nitrogens with zero attached hydrogens (tertiary/aromatic N) is 3. The van der Waals surface area contributed by atoms with E-state index < -0.39 is 18.3 Å². The molecule has 1 aliphatic rings. The van der Waals surface area contributed by atoms with Crippen molar-refractivity contribution in [2.45, 2.75) is 38.9 Å². The van der Waals surface area contributed by atoms with Crippen LogP contribution in [-0.2, 0) is 9.31 Å². The molecule has 1 N–H and O–H groups in total. The Morgan fingerprint density at radius 1 is 1.04 bits per heavy atom. The lowest BCUT2D eigenvalue weighted by Gasteiger charge is -2.32. The molecule has 0 amide bonds. The van der Waals surface area contributed by atoms with Crippen molar-refractivity contribution < 1.29 is 13.7 Å². The molecule has 1 aromatic carbocycles. The van der Waals surface area contributed by atoms with E-state index in [1.807, 2.05) is 33.8 Å². The first-order valence-corrected chi connectivity index (χ1v) is 8.09. The Hall–Kier alpha value is -2.32. The Bertz CT molecular complexity index is 941. The number of hydrogen-bond donors (Lipinski definition) is 1. The summed E-state index contributed by atoms with van der Waals surface area (Å²) >= 11 is 0. The zero-order chi connectivity index (χ0) is 17.8. The molecule has 6 nitrogen and oxygen atoms in total. The van der Waals surface area contributed by atoms with Crippen molar-refractivity contribution in [1.82, 2.24) is 20.2 Å². The Labute approximate surface area is 144 Å². The zero-order valence-electron chi connectivity index (χ0n) is 14.5. The predicted molar refractivity (Wildman–Crippen MR) is 92.8 cm³/mol. The standard InChI is InChI=1S/C17H18BFN4O2/c1-16(2)17(3,4)25-18(24-16)11-7-10(5-6-12(11)19)13-8-14-15(23-22-13)21-9-20-14/h5-9H,1-4H3,(H,20,21,23). The van der Waals surface area contributed by atoms with E-state index in [0.29, 0.717) is 16.8 Å². The zero-order valence-corrected chi connectivity index (χ0v) is 14.5. The summed E-state index contributed by atoms with van der Waals surface area (Å²) in [6.45, 7) is 7.75. The van der Waals surface area contributed by atoms with Crippen LogP contribution >= 0.6 is 0 Å². The minimum absolute atomic E-state index is 0.350. The van der Waals surface area contributed by atoms with Gasteiger partial charge < -0.3 is 14.3 Å². The van der Waals surface area contributed by atoms with Crippen LogP contribution in [0.5, 0.6) is 0 Å². The van der Waals surface area contributed by atoms with Crippen LogP contribution in [0.25, 0.3) is 22.4 Å². The lowest BCUT2D eigenvalue weighted by molar-refractivity contribution is 0.00578. The number of nitrogens with one attached hydrogen (secondary N) is 1. The van der Waals surface area contributed by atoms with Crippen molar-refractivity contribution >= 4 is 23.7 Å². The van der Waals surface area contributed by atoms with Crippen molar-refractivity contribution in [2.24, 2.45) is 0 Å². The normalized spacial score (nSPS) is 18.8. The van der Waals surface area contributed by atoms with Crippen molar-refractivity contribution in [3.8, 4) is 11.3 Å². The first kappa shape index (κ1) is 16.2. The molecule has 3 aromatic rings. The second-order valence-corrected chi connectivity index (χ2v) is 7.19. The molecule has 0 spiro atoms. The van der Waals surface area contributed by atoms with Crippen molar-refractivity contribution in [3.63, 3.8) is 0 Å². The number of rotatable bonds is 2. The molecule has 0 atom stereocenters. The van der Waals surface area contributed by atoms with Gasteiger partial charge in [-0.1, -0.05) is 6.07 Å². The molecule has 1 aliphatic heterocycles. The van der Waals surface area contributed by atoms with E-state index in [0.717, 1.165) is 11.1 Å². The first-order valence-electron chi connectivity index (χ1n) is 8.09. The Morgan fingerprint density at radius 2 is 1.76 bits per heavy atom. The molecule has 0 saturated carbocycles. The number of aromatic amines is 1. The van der Waals surface area contributed by atoms with Gasteiger partial charge in [0.2, 0.25) is 0 Å². The minimum atomic E-state index is -0.770. The SMILES string of the molecule is CC1(C)OB(c2cc(-c3cc4[nH]cnc4nn3)ccc2F)OC1(C)C. The third kappa shape index (κ3) is 2.62. The quantitative estimate of drug-likeness (QED) is 0.726. The molecule has 4 rings (SSSR count). The van der Waals surface area contributed by atoms with E-state index in [2.05, 4.69) is 20.2 Å². The van der Waals surface area contributed by atoms with E-state index >= 15 is 0 Å². The van der Waals surface area contributed by atoms with Gasteiger partial charge in [0, 0.05) is 11.0 Å². The molecule has 0 unspecified atom stereocenters. The fourth-order valence-electron chi connectivity index (χ4n) is 2.74. The topological polar surface area (TPSA) is 72.9 Å². The maximum absolute atomic E-state index is 14.4. The van der Waals surface area contributed by atoms with E-state index in [9.17, 15) is 4.39 Å². The summed E-state index contributed by atoms with van der Waals surface area (Å²) in [4.78, 5) is 7.05. The summed E-state index contributed by atoms with van der Waals surface area (Å²) < 4.78 is 26.4. The molecule has 0 radical (unpaired) electrons. The Balaban J connectivity index is 1.74. The molecule has 0 bridgehead atoms. The fourth-order valence-corrected chi connectivity index (χ4v) is 2.74. The molecular formula is C17H18BFN4O2. The number of aromatic nitrogens is 4. The summed E-state index contributed by atoms with van der Waals surface area (Å²) in [5, 5.41) is 8.23. The molecule has 2 aromatic heterocycles. The van der Waals surface area contributed by atoms with Crippen molar-refractivity contribution in [1.29, 1.82) is 0 Å². The largest absolute Gasteiger partial charge is 0.497 e. The Morgan fingerprint density at radius 3 is 2.48 bits per heavy atom. The number of hydrogen-bond acceptors (Lipinski definition) is 5. The van der Waals surface area contributed by atoms with Crippen LogP contribution in [0.3, 0.4) is 0 Å². The van der Waals surface area contributed by atoms with Crippen LogP contribution in [0, 0.1) is 5.82 Å². The van der Waals surface area contributed by atoms with Crippen LogP contribution in [0.4, 0.5) is 4.39 Å². The molecule has 3 heterocycles. The molecule has 8 heteroatoms. The molecule has 0 aliphatic carbocycles. The lowest BCUT2D eigenvalue weighted by Crippen LogP contribution is -2.41. The van der Waals surface area contributed by atoms with E-state index in [4.69, 9.17) is 9.31 Å². The molecule has 128 valence electrons. The number of fused-ring (bicyclic) bond motifs is 1. The van der Waals surface area contributed by atoms with Crippen LogP contribution in [0.1, 0.15) is 27.7 Å². The third-order valence-electron chi connectivity index (χ3n) is 4.98. The molecule has 25 heavy (non-hydrogen) atoms. The maximum atomic E-state index is 14.4. The van der Waals surface area contributed by atoms with Gasteiger partial charge in [0.25, 0.3) is 0 Å². The van der Waals surface area contributed by atoms with E-state index in [1.54, 1.807) is 18.5 Å². The second-order valence-electron chi connectivity index (χ2n) is 7.19. The van der Waals surface area contributed by atoms with E-state index in [-0.39, 0.29) is 5.82 Å². The smallest absolute Gasteiger partial charge is 0.399 e. The van der Waals surface area contributed by atoms with Gasteiger partial charge in [0.15, 0.2) is 5.65 Å². The van der Waals surface area contributed by atoms with Gasteiger partial charge in [-0.3, -0.25) is 0 Å². The highest BCUT2D eigenvalue weighted by atomic mass is 19.1. The maximum Gasteiger partial charge on any atom is 0.497 e. The van der Waals surface area contributed by atoms with Gasteiger partial charge in [-0.15, -0.1) is 10.2 Å². The van der Waals surface area contributed by atoms with Gasteiger partial charge in [-0.2, -0.15) is 0 Å². The fraction of sp³-hybridized carbons (Fsp3) is 0.353. The summed E-state index contributed by atoms with van der Waals surface area (Å²) in [5.74, 6) is -0.377. The van der Waals surface area contributed by atoms with Crippen molar-refractivity contribution in [3.05, 3.63) is 36.4 Å². The molecule has 1 saturated heterocycles. The number of benzene rings is 1. The average molecular weight is 340 g/mol. The third-order valence-corrected chi connectivity index (χ3v) is 4.98. The van der Waals surface area contributed by atoms with Gasteiger partial charge in [0.1, 0.15) is 5.82 Å². The Kier molecular flexibility index (Phi) is 3.45. The number of halogens is 1. The molecule has 1 fully saturated rings. The van der Waals surface area contributed by atoms with Gasteiger partial charge in [-0.05, 0) is 45.9 Å². The minimum Gasteiger partial charge on any atom is -0.399 e. The van der Waals surface area contributed by atoms with Gasteiger partial charge in [-0.25, -0.2) is 9.37 Å². The summed E-state index contributed by atoms with van der Waals surface area (Å²) in [6.07, 6.45) is 1.56. The summed E-state index contributed by atoms with van der Waals surface area (Å²) in [7, 11) is -0.770. The average Bonchev–Trinajstić information content (AvgIpc) is 3.09. The number of H-pyrrole nitrogens is 1. The highest BCUT2D eigenvalue weighted by Gasteiger charge is 2.52. The van der Waals surface area contributed by atoms with Gasteiger partial charge in [0.05, 0.1) is 28.7 Å². The summed E-state index contributed by atoms with van der Waals surface area (Å²) in [6, 6.07) is 6.59. The highest BCUT2D eigenvalue weighted by Crippen LogP contribution is 2.36. The summed E-state index contributed by atoms with van der Waals surface area (Å²) in [5.41, 5.74) is 1.94. The predicted octanol–water partition coefficient (Wildman–Crippen LogP) is 2.46. The second kappa shape index (κ2) is 5.34. The van der Waals surface area contributed by atoms with Crippen LogP contribution in [0.2, 0.25) is 0 Å². The molecular weight excluding hydrogens is 322 g/mol. The first-order chi connectivity index (χ1) is 11.8. The lowest BCUT2D eigenvalue weighted by atomic mass is 9.77. The van der Waals surface area contributed by atoms with Crippen LogP contribution < -0.4 is 5.46 Å². The van der Waals surface area contributed by atoms with Crippen LogP contribution in [0.15, 0.2) is 30.6 Å². The van der Waals surface area contributed by atoms with Crippen LogP contribution in [-0.4, -0.2) is 38.5 Å². The highest BCUT2D eigenvalue weighted by molar-refractivity contribution is 6.62. The van der Waals surface area contributed by atoms with E-state index in [1.165, 1.54) is 6.07 Å². The monoisotopic (exact) mass is 340 g/mol.